The van der Waals surface area contributed by atoms with Gasteiger partial charge in [0.2, 0.25) is 0 Å². The molecule has 2 aromatic rings. The summed E-state index contributed by atoms with van der Waals surface area (Å²) in [4.78, 5) is 8.81. The van der Waals surface area contributed by atoms with Gasteiger partial charge in [-0.25, -0.2) is 4.98 Å². The minimum absolute atomic E-state index is 0.468. The summed E-state index contributed by atoms with van der Waals surface area (Å²) in [6.45, 7) is 4.29. The van der Waals surface area contributed by atoms with Crippen LogP contribution in [-0.4, -0.2) is 9.97 Å². The Morgan fingerprint density at radius 3 is 2.79 bits per heavy atom. The molecule has 0 saturated carbocycles. The summed E-state index contributed by atoms with van der Waals surface area (Å²) >= 11 is 1.62. The normalized spacial score (nSPS) is 10.8. The molecule has 3 heteroatoms. The van der Waals surface area contributed by atoms with Gasteiger partial charge in [0.25, 0.3) is 0 Å². The van der Waals surface area contributed by atoms with Gasteiger partial charge < -0.3 is 0 Å². The quantitative estimate of drug-likeness (QED) is 0.750. The van der Waals surface area contributed by atoms with Crippen LogP contribution in [-0.2, 0) is 0 Å². The number of aromatic nitrogens is 2. The topological polar surface area (TPSA) is 25.8 Å². The molecule has 72 valence electrons. The molecular weight excluding hydrogens is 192 g/mol. The van der Waals surface area contributed by atoms with Gasteiger partial charge in [0.1, 0.15) is 5.01 Å². The molecule has 0 unspecified atom stereocenters. The average molecular weight is 204 g/mol. The molecular formula is C11H12N2S. The summed E-state index contributed by atoms with van der Waals surface area (Å²) in [5.41, 5.74) is 2.10. The van der Waals surface area contributed by atoms with E-state index in [9.17, 15) is 0 Å². The molecule has 0 bridgehead atoms. The Morgan fingerprint density at radius 1 is 1.29 bits per heavy atom. The molecule has 14 heavy (non-hydrogen) atoms. The molecule has 2 heterocycles. The van der Waals surface area contributed by atoms with Crippen molar-refractivity contribution in [2.24, 2.45) is 0 Å². The van der Waals surface area contributed by atoms with E-state index in [2.05, 4.69) is 29.9 Å². The zero-order valence-corrected chi connectivity index (χ0v) is 9.08. The summed E-state index contributed by atoms with van der Waals surface area (Å²) in [6.07, 6.45) is 1.81. The second-order valence-corrected chi connectivity index (χ2v) is 4.33. The third-order valence-electron chi connectivity index (χ3n) is 2.01. The van der Waals surface area contributed by atoms with Gasteiger partial charge in [0.15, 0.2) is 0 Å². The van der Waals surface area contributed by atoms with E-state index in [-0.39, 0.29) is 0 Å². The summed E-state index contributed by atoms with van der Waals surface area (Å²) in [5.74, 6) is 0.468. The summed E-state index contributed by atoms with van der Waals surface area (Å²) < 4.78 is 0. The Morgan fingerprint density at radius 2 is 2.14 bits per heavy atom. The van der Waals surface area contributed by atoms with Gasteiger partial charge in [-0.1, -0.05) is 19.9 Å². The second-order valence-electron chi connectivity index (χ2n) is 3.44. The van der Waals surface area contributed by atoms with Crippen molar-refractivity contribution < 1.29 is 0 Å². The lowest BCUT2D eigenvalue weighted by atomic mass is 10.1. The number of pyridine rings is 1. The first kappa shape index (κ1) is 9.34. The molecule has 2 rings (SSSR count). The van der Waals surface area contributed by atoms with Crippen molar-refractivity contribution >= 4 is 11.3 Å². The van der Waals surface area contributed by atoms with Crippen molar-refractivity contribution in [3.8, 4) is 10.7 Å². The number of hydrogen-bond acceptors (Lipinski definition) is 3. The van der Waals surface area contributed by atoms with E-state index in [0.717, 1.165) is 16.4 Å². The molecule has 0 fully saturated rings. The van der Waals surface area contributed by atoms with E-state index in [1.807, 2.05) is 23.7 Å². The second kappa shape index (κ2) is 3.88. The van der Waals surface area contributed by atoms with Crippen LogP contribution < -0.4 is 0 Å². The van der Waals surface area contributed by atoms with Crippen molar-refractivity contribution in [1.82, 2.24) is 9.97 Å². The minimum Gasteiger partial charge on any atom is -0.250 e. The van der Waals surface area contributed by atoms with E-state index < -0.39 is 0 Å². The van der Waals surface area contributed by atoms with E-state index in [4.69, 9.17) is 0 Å². The van der Waals surface area contributed by atoms with Crippen molar-refractivity contribution in [3.63, 3.8) is 0 Å². The summed E-state index contributed by atoms with van der Waals surface area (Å²) in [5, 5.41) is 2.96. The van der Waals surface area contributed by atoms with Crippen molar-refractivity contribution in [2.75, 3.05) is 0 Å². The van der Waals surface area contributed by atoms with Crippen LogP contribution in [0.25, 0.3) is 10.7 Å². The average Bonchev–Trinajstić information content (AvgIpc) is 2.71. The predicted octanol–water partition coefficient (Wildman–Crippen LogP) is 3.33. The number of nitrogens with zero attached hydrogens (tertiary/aromatic N) is 2. The first-order valence-electron chi connectivity index (χ1n) is 4.64. The Kier molecular flexibility index (Phi) is 2.59. The first-order valence-corrected chi connectivity index (χ1v) is 5.52. The molecule has 2 aromatic heterocycles. The third-order valence-corrected chi connectivity index (χ3v) is 2.81. The van der Waals surface area contributed by atoms with Gasteiger partial charge in [-0.05, 0) is 18.1 Å². The fraction of sp³-hybridized carbons (Fsp3) is 0.273. The van der Waals surface area contributed by atoms with Gasteiger partial charge >= 0.3 is 0 Å². The highest BCUT2D eigenvalue weighted by atomic mass is 32.1. The van der Waals surface area contributed by atoms with Gasteiger partial charge in [0, 0.05) is 17.3 Å². The molecule has 0 spiro atoms. The summed E-state index contributed by atoms with van der Waals surface area (Å²) in [6, 6.07) is 6.10. The third kappa shape index (κ3) is 1.82. The Balaban J connectivity index is 2.41. The van der Waals surface area contributed by atoms with Crippen molar-refractivity contribution in [2.45, 2.75) is 19.8 Å². The molecule has 0 radical (unpaired) electrons. The van der Waals surface area contributed by atoms with Gasteiger partial charge in [-0.15, -0.1) is 11.3 Å². The van der Waals surface area contributed by atoms with Crippen LogP contribution in [0.15, 0.2) is 29.8 Å². The maximum absolute atomic E-state index is 4.56. The van der Waals surface area contributed by atoms with Crippen LogP contribution in [0, 0.1) is 0 Å². The maximum Gasteiger partial charge on any atom is 0.141 e. The van der Waals surface area contributed by atoms with Gasteiger partial charge in [-0.2, -0.15) is 0 Å². The number of hydrogen-bond donors (Lipinski definition) is 0. The highest BCUT2D eigenvalue weighted by Gasteiger charge is 2.05. The standard InChI is InChI=1S/C11H12N2S/c1-8(2)9-4-3-5-10(13-9)11-12-6-7-14-11/h3-8H,1-2H3. The van der Waals surface area contributed by atoms with Crippen molar-refractivity contribution in [3.05, 3.63) is 35.5 Å². The molecule has 2 nitrogen and oxygen atoms in total. The fourth-order valence-corrected chi connectivity index (χ4v) is 1.85. The molecule has 0 aliphatic heterocycles. The molecule has 0 aromatic carbocycles. The van der Waals surface area contributed by atoms with Crippen LogP contribution >= 0.6 is 11.3 Å². The summed E-state index contributed by atoms with van der Waals surface area (Å²) in [7, 11) is 0. The first-order chi connectivity index (χ1) is 6.77. The molecule has 0 saturated heterocycles. The van der Waals surface area contributed by atoms with E-state index in [1.165, 1.54) is 0 Å². The Labute approximate surface area is 87.7 Å². The van der Waals surface area contributed by atoms with Crippen LogP contribution in [0.1, 0.15) is 25.5 Å². The molecule has 0 atom stereocenters. The molecule has 0 amide bonds. The van der Waals surface area contributed by atoms with Gasteiger partial charge in [0.05, 0.1) is 5.69 Å². The lowest BCUT2D eigenvalue weighted by molar-refractivity contribution is 0.824. The largest absolute Gasteiger partial charge is 0.250 e. The van der Waals surface area contributed by atoms with Crippen LogP contribution in [0.3, 0.4) is 0 Å². The lowest BCUT2D eigenvalue weighted by Crippen LogP contribution is -1.93. The molecule has 0 N–H and O–H groups in total. The van der Waals surface area contributed by atoms with E-state index >= 15 is 0 Å². The van der Waals surface area contributed by atoms with E-state index in [0.29, 0.717) is 5.92 Å². The van der Waals surface area contributed by atoms with Crippen LogP contribution in [0.5, 0.6) is 0 Å². The zero-order chi connectivity index (χ0) is 9.97. The van der Waals surface area contributed by atoms with Crippen molar-refractivity contribution in [1.29, 1.82) is 0 Å². The Bertz CT molecular complexity index is 407. The highest BCUT2D eigenvalue weighted by Crippen LogP contribution is 2.21. The highest BCUT2D eigenvalue weighted by molar-refractivity contribution is 7.13. The number of rotatable bonds is 2. The van der Waals surface area contributed by atoms with Crippen LogP contribution in [0.4, 0.5) is 0 Å². The smallest absolute Gasteiger partial charge is 0.141 e. The van der Waals surface area contributed by atoms with Crippen LogP contribution in [0.2, 0.25) is 0 Å². The zero-order valence-electron chi connectivity index (χ0n) is 8.27. The minimum atomic E-state index is 0.468. The predicted molar refractivity (Wildman–Crippen MR) is 59.4 cm³/mol. The van der Waals surface area contributed by atoms with E-state index in [1.54, 1.807) is 11.3 Å². The maximum atomic E-state index is 4.56. The van der Waals surface area contributed by atoms with Gasteiger partial charge in [-0.3, -0.25) is 4.98 Å². The Hall–Kier alpha value is -1.22. The molecule has 0 aliphatic carbocycles. The SMILES string of the molecule is CC(C)c1cccc(-c2nccs2)n1. The molecule has 0 aliphatic rings. The fourth-order valence-electron chi connectivity index (χ4n) is 1.24. The number of thiazole rings is 1. The monoisotopic (exact) mass is 204 g/mol. The lowest BCUT2D eigenvalue weighted by Gasteiger charge is -2.04.